The Bertz CT molecular complexity index is 1310. The van der Waals surface area contributed by atoms with E-state index in [1.54, 1.807) is 48.5 Å². The van der Waals surface area contributed by atoms with E-state index in [1.807, 2.05) is 19.9 Å². The van der Waals surface area contributed by atoms with Gasteiger partial charge in [0.05, 0.1) is 16.8 Å². The Labute approximate surface area is 192 Å². The van der Waals surface area contributed by atoms with Crippen LogP contribution in [0.1, 0.15) is 16.7 Å². The molecule has 1 aliphatic rings. The maximum absolute atomic E-state index is 13.4. The topological polar surface area (TPSA) is 97.3 Å². The lowest BCUT2D eigenvalue weighted by atomic mass is 10.1. The smallest absolute Gasteiger partial charge is 0.264 e. The van der Waals surface area contributed by atoms with Crippen LogP contribution in [-0.4, -0.2) is 33.9 Å². The van der Waals surface area contributed by atoms with Crippen LogP contribution in [0.2, 0.25) is 0 Å². The largest absolute Gasteiger partial charge is 0.454 e. The third-order valence-electron chi connectivity index (χ3n) is 5.26. The number of nitrogens with zero attached hydrogens (tertiary/aromatic N) is 2. The van der Waals surface area contributed by atoms with Crippen LogP contribution in [0.25, 0.3) is 0 Å². The summed E-state index contributed by atoms with van der Waals surface area (Å²) in [6, 6.07) is 18.6. The summed E-state index contributed by atoms with van der Waals surface area (Å²) >= 11 is 0. The second kappa shape index (κ2) is 9.33. The number of ether oxygens (including phenoxy) is 2. The zero-order valence-corrected chi connectivity index (χ0v) is 19.0. The number of carbonyl (C=O) groups excluding carboxylic acids is 1. The lowest BCUT2D eigenvalue weighted by Crippen LogP contribution is -2.40. The van der Waals surface area contributed by atoms with Gasteiger partial charge in [-0.1, -0.05) is 30.3 Å². The minimum absolute atomic E-state index is 0.0996. The highest BCUT2D eigenvalue weighted by atomic mass is 32.2. The fraction of sp³-hybridized carbons (Fsp3) is 0.167. The lowest BCUT2D eigenvalue weighted by molar-refractivity contribution is -0.119. The number of amides is 1. The van der Waals surface area contributed by atoms with E-state index in [1.165, 1.54) is 18.3 Å². The summed E-state index contributed by atoms with van der Waals surface area (Å²) in [6.45, 7) is 3.45. The van der Waals surface area contributed by atoms with Crippen molar-refractivity contribution < 1.29 is 22.7 Å². The predicted octanol–water partition coefficient (Wildman–Crippen LogP) is 3.38. The van der Waals surface area contributed by atoms with Crippen LogP contribution < -0.4 is 19.2 Å². The van der Waals surface area contributed by atoms with Gasteiger partial charge in [0, 0.05) is 0 Å². The minimum Gasteiger partial charge on any atom is -0.454 e. The van der Waals surface area contributed by atoms with E-state index in [9.17, 15) is 13.2 Å². The van der Waals surface area contributed by atoms with Crippen molar-refractivity contribution in [3.05, 3.63) is 83.4 Å². The van der Waals surface area contributed by atoms with E-state index in [-0.39, 0.29) is 11.7 Å². The lowest BCUT2D eigenvalue weighted by Gasteiger charge is -2.26. The highest BCUT2D eigenvalue weighted by Crippen LogP contribution is 2.32. The standard InChI is InChI=1S/C24H23N3O5S/c1-17-7-6-10-21(18(17)2)27(33(29,30)20-8-4-3-5-9-20)15-24(28)26-25-14-19-11-12-22-23(13-19)32-16-31-22/h3-14H,15-16H2,1-2H3,(H,26,28)/b25-14-. The Hall–Kier alpha value is -3.85. The summed E-state index contributed by atoms with van der Waals surface area (Å²) in [6.07, 6.45) is 1.45. The van der Waals surface area contributed by atoms with Crippen molar-refractivity contribution in [3.8, 4) is 11.5 Å². The normalized spacial score (nSPS) is 12.7. The number of benzene rings is 3. The van der Waals surface area contributed by atoms with Crippen molar-refractivity contribution in [2.45, 2.75) is 18.7 Å². The average Bonchev–Trinajstić information content (AvgIpc) is 3.28. The average molecular weight is 466 g/mol. The molecule has 0 atom stereocenters. The van der Waals surface area contributed by atoms with Crippen LogP contribution >= 0.6 is 0 Å². The number of nitrogens with one attached hydrogen (secondary N) is 1. The molecule has 1 N–H and O–H groups in total. The second-order valence-electron chi connectivity index (χ2n) is 7.45. The molecule has 170 valence electrons. The zero-order valence-electron chi connectivity index (χ0n) is 18.2. The van der Waals surface area contributed by atoms with Gasteiger partial charge in [-0.15, -0.1) is 0 Å². The number of hydrazone groups is 1. The van der Waals surface area contributed by atoms with Gasteiger partial charge >= 0.3 is 0 Å². The third-order valence-corrected chi connectivity index (χ3v) is 7.04. The molecule has 0 aromatic heterocycles. The molecule has 1 amide bonds. The first-order chi connectivity index (χ1) is 15.9. The first-order valence-electron chi connectivity index (χ1n) is 10.2. The summed E-state index contributed by atoms with van der Waals surface area (Å²) in [5, 5.41) is 3.97. The fourth-order valence-electron chi connectivity index (χ4n) is 3.36. The van der Waals surface area contributed by atoms with Crippen molar-refractivity contribution in [2.75, 3.05) is 17.6 Å². The molecule has 8 nitrogen and oxygen atoms in total. The van der Waals surface area contributed by atoms with Crippen molar-refractivity contribution in [1.29, 1.82) is 0 Å². The van der Waals surface area contributed by atoms with Gasteiger partial charge in [-0.3, -0.25) is 9.10 Å². The molecule has 0 unspecified atom stereocenters. The molecule has 3 aromatic rings. The molecule has 1 aliphatic heterocycles. The zero-order chi connectivity index (χ0) is 23.4. The third kappa shape index (κ3) is 4.83. The molecule has 3 aromatic carbocycles. The van der Waals surface area contributed by atoms with Crippen LogP contribution in [0.15, 0.2) is 76.7 Å². The Kier molecular flexibility index (Phi) is 6.32. The number of carbonyl (C=O) groups is 1. The van der Waals surface area contributed by atoms with Gasteiger partial charge < -0.3 is 9.47 Å². The number of rotatable bonds is 7. The van der Waals surface area contributed by atoms with E-state index in [4.69, 9.17) is 9.47 Å². The van der Waals surface area contributed by atoms with Gasteiger partial charge in [0.15, 0.2) is 11.5 Å². The first kappa shape index (κ1) is 22.3. The summed E-state index contributed by atoms with van der Waals surface area (Å²) in [5.41, 5.74) is 5.24. The Balaban J connectivity index is 1.56. The summed E-state index contributed by atoms with van der Waals surface area (Å²) < 4.78 is 38.5. The van der Waals surface area contributed by atoms with Crippen LogP contribution in [-0.2, 0) is 14.8 Å². The molecule has 0 saturated carbocycles. The Morgan fingerprint density at radius 3 is 2.58 bits per heavy atom. The number of anilines is 1. The number of fused-ring (bicyclic) bond motifs is 1. The van der Waals surface area contributed by atoms with Gasteiger partial charge in [-0.2, -0.15) is 5.10 Å². The number of aryl methyl sites for hydroxylation is 1. The SMILES string of the molecule is Cc1cccc(N(CC(=O)N/N=C\c2ccc3c(c2)OCO3)S(=O)(=O)c2ccccc2)c1C. The quantitative estimate of drug-likeness (QED) is 0.426. The van der Waals surface area contributed by atoms with Crippen LogP contribution in [0.3, 0.4) is 0 Å². The molecule has 0 fully saturated rings. The van der Waals surface area contributed by atoms with Gasteiger partial charge in [0.2, 0.25) is 6.79 Å². The van der Waals surface area contributed by atoms with Crippen molar-refractivity contribution in [3.63, 3.8) is 0 Å². The fourth-order valence-corrected chi connectivity index (χ4v) is 4.86. The van der Waals surface area contributed by atoms with Crippen molar-refractivity contribution in [1.82, 2.24) is 5.43 Å². The van der Waals surface area contributed by atoms with E-state index >= 15 is 0 Å². The number of hydrogen-bond donors (Lipinski definition) is 1. The minimum atomic E-state index is -3.98. The highest BCUT2D eigenvalue weighted by molar-refractivity contribution is 7.92. The van der Waals surface area contributed by atoms with Gasteiger partial charge in [0.1, 0.15) is 6.54 Å². The van der Waals surface area contributed by atoms with Gasteiger partial charge in [-0.25, -0.2) is 13.8 Å². The molecule has 4 rings (SSSR count). The molecule has 33 heavy (non-hydrogen) atoms. The Morgan fingerprint density at radius 1 is 1.03 bits per heavy atom. The maximum atomic E-state index is 13.4. The summed E-state index contributed by atoms with van der Waals surface area (Å²) in [4.78, 5) is 12.8. The molecule has 0 radical (unpaired) electrons. The highest BCUT2D eigenvalue weighted by Gasteiger charge is 2.28. The van der Waals surface area contributed by atoms with E-state index < -0.39 is 22.5 Å². The molecule has 0 spiro atoms. The van der Waals surface area contributed by atoms with Crippen molar-refractivity contribution >= 4 is 27.8 Å². The summed E-state index contributed by atoms with van der Waals surface area (Å²) in [5.74, 6) is 0.666. The maximum Gasteiger partial charge on any atom is 0.264 e. The van der Waals surface area contributed by atoms with Crippen LogP contribution in [0.5, 0.6) is 11.5 Å². The molecular weight excluding hydrogens is 442 g/mol. The molecule has 1 heterocycles. The predicted molar refractivity (Wildman–Crippen MR) is 125 cm³/mol. The van der Waals surface area contributed by atoms with E-state index in [0.717, 1.165) is 15.4 Å². The van der Waals surface area contributed by atoms with Crippen LogP contribution in [0.4, 0.5) is 5.69 Å². The van der Waals surface area contributed by atoms with E-state index in [2.05, 4.69) is 10.5 Å². The van der Waals surface area contributed by atoms with Crippen LogP contribution in [0, 0.1) is 13.8 Å². The van der Waals surface area contributed by atoms with E-state index in [0.29, 0.717) is 22.7 Å². The van der Waals surface area contributed by atoms with Crippen molar-refractivity contribution in [2.24, 2.45) is 5.10 Å². The second-order valence-corrected chi connectivity index (χ2v) is 9.31. The van der Waals surface area contributed by atoms with Gasteiger partial charge in [0.25, 0.3) is 15.9 Å². The molecule has 0 saturated heterocycles. The summed E-state index contributed by atoms with van der Waals surface area (Å²) in [7, 11) is -3.98. The number of hydrogen-bond acceptors (Lipinski definition) is 6. The number of sulfonamides is 1. The molecule has 0 aliphatic carbocycles. The first-order valence-corrected chi connectivity index (χ1v) is 11.7. The Morgan fingerprint density at radius 2 is 1.79 bits per heavy atom. The monoisotopic (exact) mass is 465 g/mol. The van der Waals surface area contributed by atoms with Gasteiger partial charge in [-0.05, 0) is 66.9 Å². The molecule has 9 heteroatoms. The molecule has 0 bridgehead atoms. The molecular formula is C24H23N3O5S.